The molecule has 2 aromatic carbocycles. The minimum absolute atomic E-state index is 0.00939. The monoisotopic (exact) mass is 380 g/mol. The molecule has 3 heteroatoms. The van der Waals surface area contributed by atoms with E-state index >= 15 is 0 Å². The van der Waals surface area contributed by atoms with Crippen molar-refractivity contribution in [3.63, 3.8) is 0 Å². The van der Waals surface area contributed by atoms with Crippen molar-refractivity contribution in [2.24, 2.45) is 17.8 Å². The predicted octanol–water partition coefficient (Wildman–Crippen LogP) is 6.08. The molecule has 0 bridgehead atoms. The van der Waals surface area contributed by atoms with Crippen LogP contribution in [0.1, 0.15) is 45.6 Å². The highest BCUT2D eigenvalue weighted by Gasteiger charge is 2.37. The van der Waals surface area contributed by atoms with E-state index < -0.39 is 7.37 Å². The van der Waals surface area contributed by atoms with Gasteiger partial charge in [-0.2, -0.15) is 0 Å². The van der Waals surface area contributed by atoms with E-state index in [1.165, 1.54) is 6.42 Å². The van der Waals surface area contributed by atoms with E-state index in [1.54, 1.807) is 0 Å². The van der Waals surface area contributed by atoms with Gasteiger partial charge in [-0.25, -0.2) is 0 Å². The molecule has 3 rings (SSSR count). The summed E-state index contributed by atoms with van der Waals surface area (Å²) in [5.41, 5.74) is 3.89. The van der Waals surface area contributed by atoms with Crippen LogP contribution < -0.4 is 5.30 Å². The highest BCUT2D eigenvalue weighted by Crippen LogP contribution is 2.50. The SMILES string of the molecule is CC(C)[C@@H]1CC[C@@H](C)C[C@H]1O[P@@](=O)(C#Cc1ccccc1)c1ccccc1. The summed E-state index contributed by atoms with van der Waals surface area (Å²) in [5, 5.41) is 0.689. The van der Waals surface area contributed by atoms with Crippen LogP contribution in [-0.2, 0) is 9.09 Å². The van der Waals surface area contributed by atoms with Gasteiger partial charge in [0.15, 0.2) is 0 Å². The van der Waals surface area contributed by atoms with E-state index in [-0.39, 0.29) is 6.10 Å². The summed E-state index contributed by atoms with van der Waals surface area (Å²) in [6.07, 6.45) is 3.29. The second-order valence-electron chi connectivity index (χ2n) is 7.96. The van der Waals surface area contributed by atoms with Gasteiger partial charge in [0.05, 0.1) is 6.10 Å². The molecule has 0 heterocycles. The summed E-state index contributed by atoms with van der Waals surface area (Å²) in [7, 11) is -3.27. The predicted molar refractivity (Wildman–Crippen MR) is 113 cm³/mol. The summed E-state index contributed by atoms with van der Waals surface area (Å²) in [6.45, 7) is 6.73. The zero-order chi connectivity index (χ0) is 19.3. The van der Waals surface area contributed by atoms with Crippen LogP contribution >= 0.6 is 7.37 Å². The van der Waals surface area contributed by atoms with E-state index in [4.69, 9.17) is 4.52 Å². The molecule has 1 saturated carbocycles. The Balaban J connectivity index is 1.95. The molecule has 1 fully saturated rings. The van der Waals surface area contributed by atoms with Crippen molar-refractivity contribution in [1.82, 2.24) is 0 Å². The second kappa shape index (κ2) is 8.92. The van der Waals surface area contributed by atoms with Crippen LogP contribution in [0.2, 0.25) is 0 Å². The first-order valence-electron chi connectivity index (χ1n) is 9.90. The first kappa shape index (κ1) is 19.9. The normalized spacial score (nSPS) is 24.7. The molecule has 0 N–H and O–H groups in total. The molecular formula is C24H29O2P. The van der Waals surface area contributed by atoms with Gasteiger partial charge in [0.2, 0.25) is 0 Å². The minimum atomic E-state index is -3.27. The van der Waals surface area contributed by atoms with Crippen LogP contribution in [0.4, 0.5) is 0 Å². The first-order chi connectivity index (χ1) is 13.0. The van der Waals surface area contributed by atoms with Crippen molar-refractivity contribution in [1.29, 1.82) is 0 Å². The molecule has 2 nitrogen and oxygen atoms in total. The van der Waals surface area contributed by atoms with Crippen LogP contribution in [0.25, 0.3) is 0 Å². The van der Waals surface area contributed by atoms with Crippen molar-refractivity contribution < 1.29 is 9.09 Å². The van der Waals surface area contributed by atoms with Gasteiger partial charge in [0.25, 0.3) is 0 Å². The first-order valence-corrected chi connectivity index (χ1v) is 11.5. The fourth-order valence-corrected chi connectivity index (χ4v) is 5.63. The third-order valence-electron chi connectivity index (χ3n) is 5.46. The van der Waals surface area contributed by atoms with Crippen LogP contribution in [-0.4, -0.2) is 6.10 Å². The van der Waals surface area contributed by atoms with Gasteiger partial charge in [-0.3, -0.25) is 4.57 Å². The minimum Gasteiger partial charge on any atom is -0.313 e. The maximum absolute atomic E-state index is 13.9. The van der Waals surface area contributed by atoms with E-state index in [2.05, 4.69) is 32.4 Å². The Hall–Kier alpha value is -1.81. The van der Waals surface area contributed by atoms with Gasteiger partial charge >= 0.3 is 7.37 Å². The zero-order valence-electron chi connectivity index (χ0n) is 16.5. The topological polar surface area (TPSA) is 26.3 Å². The highest BCUT2D eigenvalue weighted by atomic mass is 31.2. The van der Waals surface area contributed by atoms with E-state index in [0.717, 1.165) is 18.4 Å². The fraction of sp³-hybridized carbons (Fsp3) is 0.417. The van der Waals surface area contributed by atoms with Crippen molar-refractivity contribution in [3.8, 4) is 11.6 Å². The molecule has 142 valence electrons. The Kier molecular flexibility index (Phi) is 6.59. The molecule has 0 unspecified atom stereocenters. The second-order valence-corrected chi connectivity index (χ2v) is 10.0. The maximum Gasteiger partial charge on any atom is 0.303 e. The zero-order valence-corrected chi connectivity index (χ0v) is 17.4. The molecule has 27 heavy (non-hydrogen) atoms. The highest BCUT2D eigenvalue weighted by molar-refractivity contribution is 7.71. The fourth-order valence-electron chi connectivity index (χ4n) is 3.86. The van der Waals surface area contributed by atoms with Crippen molar-refractivity contribution in [3.05, 3.63) is 66.2 Å². The molecule has 0 amide bonds. The summed E-state index contributed by atoms with van der Waals surface area (Å²) in [5.74, 6) is 4.62. The Labute approximate surface area is 163 Å². The molecule has 1 aliphatic rings. The molecule has 0 aliphatic heterocycles. The quantitative estimate of drug-likeness (QED) is 0.475. The van der Waals surface area contributed by atoms with Crippen LogP contribution in [0, 0.1) is 29.3 Å². The molecule has 0 radical (unpaired) electrons. The van der Waals surface area contributed by atoms with Crippen LogP contribution in [0.3, 0.4) is 0 Å². The summed E-state index contributed by atoms with van der Waals surface area (Å²) < 4.78 is 20.3. The Bertz CT molecular complexity index is 833. The Morgan fingerprint density at radius 1 is 1.00 bits per heavy atom. The standard InChI is InChI=1S/C24H29O2P/c1-19(2)23-15-14-20(3)18-24(23)26-27(25,22-12-8-5-9-13-22)17-16-21-10-6-4-7-11-21/h4-13,19-20,23-24H,14-15,18H2,1-3H3/t20-,23+,24-,27+/m1/s1. The molecular weight excluding hydrogens is 351 g/mol. The molecule has 2 aromatic rings. The summed E-state index contributed by atoms with van der Waals surface area (Å²) >= 11 is 0. The van der Waals surface area contributed by atoms with Crippen molar-refractivity contribution >= 4 is 12.7 Å². The third-order valence-corrected chi connectivity index (χ3v) is 7.41. The number of benzene rings is 2. The lowest BCUT2D eigenvalue weighted by Gasteiger charge is -2.38. The average Bonchev–Trinajstić information content (AvgIpc) is 2.68. The summed E-state index contributed by atoms with van der Waals surface area (Å²) in [4.78, 5) is 0. The molecule has 0 spiro atoms. The lowest BCUT2D eigenvalue weighted by molar-refractivity contribution is 0.0515. The number of hydrogen-bond acceptors (Lipinski definition) is 2. The molecule has 0 aromatic heterocycles. The Morgan fingerprint density at radius 3 is 2.26 bits per heavy atom. The molecule has 1 aliphatic carbocycles. The maximum atomic E-state index is 13.9. The summed E-state index contributed by atoms with van der Waals surface area (Å²) in [6, 6.07) is 19.2. The van der Waals surface area contributed by atoms with Crippen molar-refractivity contribution in [2.45, 2.75) is 46.1 Å². The van der Waals surface area contributed by atoms with Gasteiger partial charge in [-0.15, -0.1) is 0 Å². The van der Waals surface area contributed by atoms with Crippen molar-refractivity contribution in [2.75, 3.05) is 0 Å². The van der Waals surface area contributed by atoms with E-state index in [0.29, 0.717) is 23.1 Å². The van der Waals surface area contributed by atoms with Gasteiger partial charge in [0.1, 0.15) is 0 Å². The van der Waals surface area contributed by atoms with Crippen LogP contribution in [0.15, 0.2) is 60.7 Å². The van der Waals surface area contributed by atoms with E-state index in [9.17, 15) is 4.57 Å². The van der Waals surface area contributed by atoms with Gasteiger partial charge < -0.3 is 4.52 Å². The van der Waals surface area contributed by atoms with Gasteiger partial charge in [-0.1, -0.05) is 69.5 Å². The third kappa shape index (κ3) is 5.13. The lowest BCUT2D eigenvalue weighted by Crippen LogP contribution is -2.34. The largest absolute Gasteiger partial charge is 0.313 e. The van der Waals surface area contributed by atoms with Gasteiger partial charge in [-0.05, 0) is 60.5 Å². The molecule has 0 saturated heterocycles. The Morgan fingerprint density at radius 2 is 1.63 bits per heavy atom. The average molecular weight is 380 g/mol. The number of hydrogen-bond donors (Lipinski definition) is 0. The van der Waals surface area contributed by atoms with Gasteiger partial charge in [0, 0.05) is 10.9 Å². The smallest absolute Gasteiger partial charge is 0.303 e. The van der Waals surface area contributed by atoms with Crippen LogP contribution in [0.5, 0.6) is 0 Å². The number of rotatable bonds is 4. The van der Waals surface area contributed by atoms with E-state index in [1.807, 2.05) is 60.7 Å². The molecule has 4 atom stereocenters. The lowest BCUT2D eigenvalue weighted by atomic mass is 9.75.